The molecule has 0 aliphatic rings. The average Bonchev–Trinajstić information content (AvgIpc) is 3.00. The number of alkyl halides is 3. The molecular formula is C17H15F4N3O. The minimum absolute atomic E-state index is 0.122. The van der Waals surface area contributed by atoms with Crippen LogP contribution in [0.5, 0.6) is 5.75 Å². The van der Waals surface area contributed by atoms with Gasteiger partial charge in [0.15, 0.2) is 0 Å². The van der Waals surface area contributed by atoms with Crippen LogP contribution in [-0.4, -0.2) is 23.1 Å². The molecule has 25 heavy (non-hydrogen) atoms. The van der Waals surface area contributed by atoms with Crippen LogP contribution in [0.2, 0.25) is 0 Å². The molecule has 3 rings (SSSR count). The molecular weight excluding hydrogens is 338 g/mol. The highest BCUT2D eigenvalue weighted by molar-refractivity contribution is 5.81. The predicted molar refractivity (Wildman–Crippen MR) is 86.2 cm³/mol. The maximum atomic E-state index is 13.2. The Morgan fingerprint density at radius 1 is 1.20 bits per heavy atom. The molecule has 8 heteroatoms. The number of nitrogens with one attached hydrogen (secondary N) is 2. The van der Waals surface area contributed by atoms with Gasteiger partial charge in [0.2, 0.25) is 5.82 Å². The van der Waals surface area contributed by atoms with Crippen molar-refractivity contribution in [2.24, 2.45) is 0 Å². The number of H-pyrrole nitrogens is 1. The summed E-state index contributed by atoms with van der Waals surface area (Å²) in [6, 6.07) is 9.03. The van der Waals surface area contributed by atoms with Gasteiger partial charge in [0.25, 0.3) is 0 Å². The molecule has 2 N–H and O–H groups in total. The number of benzene rings is 2. The van der Waals surface area contributed by atoms with Crippen LogP contribution in [0.3, 0.4) is 0 Å². The van der Waals surface area contributed by atoms with E-state index in [1.54, 1.807) is 18.2 Å². The van der Waals surface area contributed by atoms with Crippen molar-refractivity contribution in [1.29, 1.82) is 0 Å². The van der Waals surface area contributed by atoms with E-state index in [0.29, 0.717) is 12.2 Å². The fraction of sp³-hybridized carbons (Fsp3) is 0.235. The van der Waals surface area contributed by atoms with Crippen molar-refractivity contribution in [3.8, 4) is 5.75 Å². The molecule has 2 aromatic carbocycles. The maximum absolute atomic E-state index is 13.2. The number of rotatable bonds is 5. The van der Waals surface area contributed by atoms with Gasteiger partial charge in [0, 0.05) is 12.2 Å². The zero-order valence-corrected chi connectivity index (χ0v) is 13.2. The minimum atomic E-state index is -4.55. The lowest BCUT2D eigenvalue weighted by Crippen LogP contribution is -2.12. The van der Waals surface area contributed by atoms with Gasteiger partial charge >= 0.3 is 6.18 Å². The van der Waals surface area contributed by atoms with Gasteiger partial charge in [-0.05, 0) is 36.8 Å². The molecule has 1 heterocycles. The van der Waals surface area contributed by atoms with E-state index in [1.165, 1.54) is 18.2 Å². The first-order chi connectivity index (χ1) is 11.8. The second kappa shape index (κ2) is 6.62. The summed E-state index contributed by atoms with van der Waals surface area (Å²) in [5.74, 6) is -1.16. The van der Waals surface area contributed by atoms with Gasteiger partial charge in [-0.25, -0.2) is 9.37 Å². The van der Waals surface area contributed by atoms with Crippen molar-refractivity contribution in [1.82, 2.24) is 9.97 Å². The highest BCUT2D eigenvalue weighted by atomic mass is 19.4. The molecule has 0 atom stereocenters. The number of hydrogen-bond acceptors (Lipinski definition) is 3. The van der Waals surface area contributed by atoms with Crippen molar-refractivity contribution in [3.05, 3.63) is 53.6 Å². The van der Waals surface area contributed by atoms with Crippen LogP contribution in [0.4, 0.5) is 23.2 Å². The number of hydrogen-bond donors (Lipinski definition) is 2. The zero-order chi connectivity index (χ0) is 18.0. The van der Waals surface area contributed by atoms with Crippen LogP contribution in [0.1, 0.15) is 11.4 Å². The Bertz CT molecular complexity index is 889. The number of ether oxygens (including phenoxy) is 1. The van der Waals surface area contributed by atoms with Gasteiger partial charge in [-0.1, -0.05) is 12.1 Å². The summed E-state index contributed by atoms with van der Waals surface area (Å²) in [5, 5.41) is 3.03. The number of aromatic amines is 1. The molecule has 4 nitrogen and oxygen atoms in total. The van der Waals surface area contributed by atoms with Gasteiger partial charge in [-0.15, -0.1) is 0 Å². The van der Waals surface area contributed by atoms with Crippen molar-refractivity contribution >= 4 is 16.7 Å². The van der Waals surface area contributed by atoms with E-state index in [2.05, 4.69) is 15.3 Å². The second-order valence-corrected chi connectivity index (χ2v) is 5.47. The topological polar surface area (TPSA) is 49.9 Å². The number of fused-ring (bicyclic) bond motifs is 1. The number of nitrogens with zero attached hydrogens (tertiary/aromatic N) is 1. The van der Waals surface area contributed by atoms with E-state index in [0.717, 1.165) is 5.56 Å². The first kappa shape index (κ1) is 17.1. The molecule has 0 bridgehead atoms. The van der Waals surface area contributed by atoms with Crippen molar-refractivity contribution in [3.63, 3.8) is 0 Å². The van der Waals surface area contributed by atoms with Gasteiger partial charge in [-0.2, -0.15) is 13.2 Å². The quantitative estimate of drug-likeness (QED) is 0.524. The van der Waals surface area contributed by atoms with E-state index in [-0.39, 0.29) is 29.2 Å². The molecule has 0 radical (unpaired) electrons. The fourth-order valence-corrected chi connectivity index (χ4v) is 2.39. The van der Waals surface area contributed by atoms with E-state index in [4.69, 9.17) is 4.74 Å². The number of para-hydroxylation sites is 1. The van der Waals surface area contributed by atoms with Gasteiger partial charge < -0.3 is 15.0 Å². The van der Waals surface area contributed by atoms with Gasteiger partial charge in [0.05, 0.1) is 5.52 Å². The maximum Gasteiger partial charge on any atom is 0.449 e. The molecule has 132 valence electrons. The van der Waals surface area contributed by atoms with Gasteiger partial charge in [-0.3, -0.25) is 0 Å². The average molecular weight is 353 g/mol. The van der Waals surface area contributed by atoms with Gasteiger partial charge in [0.1, 0.15) is 23.7 Å². The number of anilines is 1. The molecule has 1 aromatic heterocycles. The third-order valence-electron chi connectivity index (χ3n) is 3.62. The first-order valence-electron chi connectivity index (χ1n) is 7.53. The molecule has 0 aliphatic heterocycles. The van der Waals surface area contributed by atoms with Crippen LogP contribution < -0.4 is 10.1 Å². The Morgan fingerprint density at radius 2 is 2.00 bits per heavy atom. The van der Waals surface area contributed by atoms with Crippen LogP contribution in [-0.2, 0) is 6.18 Å². The normalized spacial score (nSPS) is 11.7. The molecule has 0 amide bonds. The number of aryl methyl sites for hydroxylation is 1. The number of imidazole rings is 1. The standard InChI is InChI=1S/C17H15F4N3O/c1-10-5-6-11(18)9-13(10)22-7-8-25-14-4-2-3-12-15(14)24-16(23-12)17(19,20)21/h2-6,9,22H,7-8H2,1H3,(H,23,24). The zero-order valence-electron chi connectivity index (χ0n) is 13.2. The predicted octanol–water partition coefficient (Wildman–Crippen LogP) is 4.52. The smallest absolute Gasteiger partial charge is 0.449 e. The molecule has 0 fully saturated rings. The lowest BCUT2D eigenvalue weighted by atomic mass is 10.2. The fourth-order valence-electron chi connectivity index (χ4n) is 2.39. The summed E-state index contributed by atoms with van der Waals surface area (Å²) in [5.41, 5.74) is 1.89. The summed E-state index contributed by atoms with van der Waals surface area (Å²) in [6.45, 7) is 2.38. The van der Waals surface area contributed by atoms with E-state index in [1.807, 2.05) is 6.92 Å². The molecule has 0 saturated carbocycles. The van der Waals surface area contributed by atoms with E-state index in [9.17, 15) is 17.6 Å². The third kappa shape index (κ3) is 3.84. The minimum Gasteiger partial charge on any atom is -0.489 e. The summed E-state index contributed by atoms with van der Waals surface area (Å²) in [6.07, 6.45) is -4.55. The number of aromatic nitrogens is 2. The monoisotopic (exact) mass is 353 g/mol. The molecule has 0 saturated heterocycles. The highest BCUT2D eigenvalue weighted by Gasteiger charge is 2.35. The molecule has 0 aliphatic carbocycles. The summed E-state index contributed by atoms with van der Waals surface area (Å²) in [7, 11) is 0. The highest BCUT2D eigenvalue weighted by Crippen LogP contribution is 2.31. The van der Waals surface area contributed by atoms with Crippen molar-refractivity contribution < 1.29 is 22.3 Å². The molecule has 0 spiro atoms. The molecule has 3 aromatic rings. The number of halogens is 4. The SMILES string of the molecule is Cc1ccc(F)cc1NCCOc1cccc2[nH]c(C(F)(F)F)nc12. The van der Waals surface area contributed by atoms with Crippen LogP contribution in [0.25, 0.3) is 11.0 Å². The van der Waals surface area contributed by atoms with Crippen LogP contribution in [0, 0.1) is 12.7 Å². The third-order valence-corrected chi connectivity index (χ3v) is 3.62. The van der Waals surface area contributed by atoms with E-state index < -0.39 is 12.0 Å². The Morgan fingerprint density at radius 3 is 2.76 bits per heavy atom. The Hall–Kier alpha value is -2.77. The van der Waals surface area contributed by atoms with Crippen LogP contribution in [0.15, 0.2) is 36.4 Å². The summed E-state index contributed by atoms with van der Waals surface area (Å²) >= 11 is 0. The van der Waals surface area contributed by atoms with Crippen molar-refractivity contribution in [2.45, 2.75) is 13.1 Å². The largest absolute Gasteiger partial charge is 0.489 e. The Labute approximate surface area is 140 Å². The summed E-state index contributed by atoms with van der Waals surface area (Å²) in [4.78, 5) is 5.80. The lowest BCUT2D eigenvalue weighted by Gasteiger charge is -2.11. The van der Waals surface area contributed by atoms with E-state index >= 15 is 0 Å². The molecule has 0 unspecified atom stereocenters. The van der Waals surface area contributed by atoms with Crippen molar-refractivity contribution in [2.75, 3.05) is 18.5 Å². The Kier molecular flexibility index (Phi) is 4.52. The first-order valence-corrected chi connectivity index (χ1v) is 7.53. The van der Waals surface area contributed by atoms with Crippen LogP contribution >= 0.6 is 0 Å². The lowest BCUT2D eigenvalue weighted by molar-refractivity contribution is -0.144. The second-order valence-electron chi connectivity index (χ2n) is 5.47. The Balaban J connectivity index is 1.67. The summed E-state index contributed by atoms with van der Waals surface area (Å²) < 4.78 is 57.0.